The molecule has 0 atom stereocenters. The summed E-state index contributed by atoms with van der Waals surface area (Å²) in [5.41, 5.74) is 0. The van der Waals surface area contributed by atoms with E-state index in [9.17, 15) is 9.59 Å². The van der Waals surface area contributed by atoms with Gasteiger partial charge in [0.15, 0.2) is 0 Å². The first kappa shape index (κ1) is 27.2. The van der Waals surface area contributed by atoms with Gasteiger partial charge in [0.25, 0.3) is 0 Å². The molecule has 0 aliphatic carbocycles. The van der Waals surface area contributed by atoms with E-state index in [-0.39, 0.29) is 11.9 Å². The molecule has 0 rings (SSSR count). The van der Waals surface area contributed by atoms with Gasteiger partial charge >= 0.3 is 11.9 Å². The van der Waals surface area contributed by atoms with Crippen LogP contribution < -0.4 is 0 Å². The Morgan fingerprint density at radius 3 is 1.04 bits per heavy atom. The number of esters is 2. The Bertz CT molecular complexity index is 273. The van der Waals surface area contributed by atoms with Crippen molar-refractivity contribution in [3.8, 4) is 0 Å². The third kappa shape index (κ3) is 25.2. The normalized spacial score (nSPS) is 10.0. The lowest BCUT2D eigenvalue weighted by Crippen LogP contribution is -1.99. The van der Waals surface area contributed by atoms with E-state index in [1.807, 2.05) is 0 Å². The summed E-state index contributed by atoms with van der Waals surface area (Å²) in [5.74, 6) is -0.151. The number of rotatable bonds is 16. The number of methoxy groups -OCH3 is 2. The number of unbranched alkanes of at least 4 members (excludes halogenated alkanes) is 12. The first-order chi connectivity index (χ1) is 12.6. The van der Waals surface area contributed by atoms with Crippen LogP contribution >= 0.6 is 0 Å². The third-order valence-corrected chi connectivity index (χ3v) is 4.42. The van der Waals surface area contributed by atoms with Crippen molar-refractivity contribution in [2.45, 2.75) is 117 Å². The highest BCUT2D eigenvalue weighted by Crippen LogP contribution is 2.09. The average molecular weight is 373 g/mol. The highest BCUT2D eigenvalue weighted by molar-refractivity contribution is 5.69. The topological polar surface area (TPSA) is 52.6 Å². The molecular formula is C22H44O4. The number of hydrogen-bond acceptors (Lipinski definition) is 4. The molecule has 0 aromatic heterocycles. The summed E-state index contributed by atoms with van der Waals surface area (Å²) in [6.07, 6.45) is 18.6. The van der Waals surface area contributed by atoms with Crippen LogP contribution in [0, 0.1) is 0 Å². The van der Waals surface area contributed by atoms with Crippen LogP contribution in [0.2, 0.25) is 0 Å². The Morgan fingerprint density at radius 2 is 0.769 bits per heavy atom. The summed E-state index contributed by atoms with van der Waals surface area (Å²) in [5, 5.41) is 0. The molecule has 0 amide bonds. The van der Waals surface area contributed by atoms with Crippen LogP contribution in [0.15, 0.2) is 0 Å². The zero-order chi connectivity index (χ0) is 19.9. The molecule has 0 aromatic carbocycles. The summed E-state index contributed by atoms with van der Waals surface area (Å²) >= 11 is 0. The first-order valence-electron chi connectivity index (χ1n) is 10.8. The molecule has 4 heteroatoms. The standard InChI is InChI=1S/2C11H22O2/c2*1-3-4-5-6-7-8-9-10-11(12)13-2/h2*3-10H2,1-2H3. The fourth-order valence-electron chi connectivity index (χ4n) is 2.66. The molecule has 0 N–H and O–H groups in total. The first-order valence-corrected chi connectivity index (χ1v) is 10.8. The van der Waals surface area contributed by atoms with Gasteiger partial charge in [-0.05, 0) is 12.8 Å². The molecule has 0 unspecified atom stereocenters. The smallest absolute Gasteiger partial charge is 0.305 e. The summed E-state index contributed by atoms with van der Waals surface area (Å²) in [6, 6.07) is 0. The lowest BCUT2D eigenvalue weighted by molar-refractivity contribution is -0.141. The van der Waals surface area contributed by atoms with Gasteiger partial charge < -0.3 is 9.47 Å². The van der Waals surface area contributed by atoms with E-state index in [2.05, 4.69) is 23.3 Å². The van der Waals surface area contributed by atoms with Crippen molar-refractivity contribution in [1.82, 2.24) is 0 Å². The Morgan fingerprint density at radius 1 is 0.500 bits per heavy atom. The van der Waals surface area contributed by atoms with Gasteiger partial charge in [-0.1, -0.05) is 90.9 Å². The molecule has 0 bridgehead atoms. The Hall–Kier alpha value is -1.06. The predicted octanol–water partition coefficient (Wildman–Crippen LogP) is 6.60. The Kier molecular flexibility index (Phi) is 25.0. The quantitative estimate of drug-likeness (QED) is 0.226. The molecule has 156 valence electrons. The Labute approximate surface area is 162 Å². The molecule has 0 fully saturated rings. The molecule has 0 heterocycles. The summed E-state index contributed by atoms with van der Waals surface area (Å²) in [4.78, 5) is 21.4. The summed E-state index contributed by atoms with van der Waals surface area (Å²) in [7, 11) is 2.90. The lowest BCUT2D eigenvalue weighted by Gasteiger charge is -2.00. The minimum atomic E-state index is -0.0754. The predicted molar refractivity (Wildman–Crippen MR) is 109 cm³/mol. The summed E-state index contributed by atoms with van der Waals surface area (Å²) < 4.78 is 9.11. The van der Waals surface area contributed by atoms with Gasteiger partial charge in [0.1, 0.15) is 0 Å². The molecule has 0 saturated carbocycles. The van der Waals surface area contributed by atoms with Crippen molar-refractivity contribution in [2.75, 3.05) is 14.2 Å². The van der Waals surface area contributed by atoms with Crippen molar-refractivity contribution in [3.05, 3.63) is 0 Å². The van der Waals surface area contributed by atoms with Crippen LogP contribution in [-0.2, 0) is 19.1 Å². The minimum Gasteiger partial charge on any atom is -0.469 e. The van der Waals surface area contributed by atoms with Crippen molar-refractivity contribution >= 4 is 11.9 Å². The van der Waals surface area contributed by atoms with E-state index in [0.717, 1.165) is 12.8 Å². The highest BCUT2D eigenvalue weighted by Gasteiger charge is 1.99. The van der Waals surface area contributed by atoms with Crippen LogP contribution in [0.25, 0.3) is 0 Å². The van der Waals surface area contributed by atoms with Crippen LogP contribution in [0.5, 0.6) is 0 Å². The van der Waals surface area contributed by atoms with Gasteiger partial charge in [0, 0.05) is 12.8 Å². The minimum absolute atomic E-state index is 0.0754. The van der Waals surface area contributed by atoms with E-state index in [1.54, 1.807) is 0 Å². The Balaban J connectivity index is 0. The number of carbonyl (C=O) groups is 2. The van der Waals surface area contributed by atoms with E-state index < -0.39 is 0 Å². The maximum atomic E-state index is 10.7. The fraction of sp³-hybridized carbons (Fsp3) is 0.909. The molecule has 0 aliphatic heterocycles. The summed E-state index contributed by atoms with van der Waals surface area (Å²) in [6.45, 7) is 4.44. The molecule has 0 aliphatic rings. The maximum Gasteiger partial charge on any atom is 0.305 e. The second kappa shape index (κ2) is 23.9. The zero-order valence-corrected chi connectivity index (χ0v) is 17.9. The third-order valence-electron chi connectivity index (χ3n) is 4.42. The van der Waals surface area contributed by atoms with Gasteiger partial charge in [-0.15, -0.1) is 0 Å². The average Bonchev–Trinajstić information content (AvgIpc) is 2.66. The van der Waals surface area contributed by atoms with Crippen molar-refractivity contribution < 1.29 is 19.1 Å². The number of ether oxygens (including phenoxy) is 2. The molecule has 4 nitrogen and oxygen atoms in total. The number of carbonyl (C=O) groups excluding carboxylic acids is 2. The van der Waals surface area contributed by atoms with Gasteiger partial charge in [-0.2, -0.15) is 0 Å². The van der Waals surface area contributed by atoms with E-state index in [4.69, 9.17) is 0 Å². The van der Waals surface area contributed by atoms with Crippen molar-refractivity contribution in [1.29, 1.82) is 0 Å². The van der Waals surface area contributed by atoms with Gasteiger partial charge in [-0.25, -0.2) is 0 Å². The molecular weight excluding hydrogens is 328 g/mol. The van der Waals surface area contributed by atoms with Crippen molar-refractivity contribution in [2.24, 2.45) is 0 Å². The SMILES string of the molecule is CCCCCCCCCC(=O)OC.CCCCCCCCCC(=O)OC. The lowest BCUT2D eigenvalue weighted by atomic mass is 10.1. The van der Waals surface area contributed by atoms with Crippen LogP contribution in [0.3, 0.4) is 0 Å². The fourth-order valence-corrected chi connectivity index (χ4v) is 2.66. The zero-order valence-electron chi connectivity index (χ0n) is 17.9. The van der Waals surface area contributed by atoms with E-state index in [0.29, 0.717) is 12.8 Å². The van der Waals surface area contributed by atoms with Crippen LogP contribution in [-0.4, -0.2) is 26.2 Å². The second-order valence-electron chi connectivity index (χ2n) is 6.89. The van der Waals surface area contributed by atoms with E-state index >= 15 is 0 Å². The van der Waals surface area contributed by atoms with Gasteiger partial charge in [0.05, 0.1) is 14.2 Å². The highest BCUT2D eigenvalue weighted by atomic mass is 16.5. The number of hydrogen-bond donors (Lipinski definition) is 0. The van der Waals surface area contributed by atoms with Gasteiger partial charge in [-0.3, -0.25) is 9.59 Å². The maximum absolute atomic E-state index is 10.7. The molecule has 0 aromatic rings. The monoisotopic (exact) mass is 372 g/mol. The van der Waals surface area contributed by atoms with Gasteiger partial charge in [0.2, 0.25) is 0 Å². The second-order valence-corrected chi connectivity index (χ2v) is 6.89. The molecule has 0 radical (unpaired) electrons. The van der Waals surface area contributed by atoms with Crippen LogP contribution in [0.4, 0.5) is 0 Å². The van der Waals surface area contributed by atoms with Crippen LogP contribution in [0.1, 0.15) is 117 Å². The molecule has 26 heavy (non-hydrogen) atoms. The largest absolute Gasteiger partial charge is 0.469 e. The molecule has 0 spiro atoms. The van der Waals surface area contributed by atoms with Crippen molar-refractivity contribution in [3.63, 3.8) is 0 Å². The van der Waals surface area contributed by atoms with E-state index in [1.165, 1.54) is 91.3 Å². The molecule has 0 saturated heterocycles.